The molecule has 0 aliphatic carbocycles. The van der Waals surface area contributed by atoms with Crippen LogP contribution in [0, 0.1) is 18.3 Å². The molecule has 0 fully saturated rings. The third-order valence-electron chi connectivity index (χ3n) is 3.32. The third kappa shape index (κ3) is 2.70. The topological polar surface area (TPSA) is 92.5 Å². The van der Waals surface area contributed by atoms with Gasteiger partial charge < -0.3 is 5.11 Å². The van der Waals surface area contributed by atoms with Crippen molar-refractivity contribution in [2.24, 2.45) is 7.05 Å². The second kappa shape index (κ2) is 5.77. The predicted octanol–water partition coefficient (Wildman–Crippen LogP) is 2.39. The second-order valence-corrected chi connectivity index (χ2v) is 4.96. The van der Waals surface area contributed by atoms with Gasteiger partial charge in [0.05, 0.1) is 11.4 Å². The minimum Gasteiger partial charge on any atom is -0.503 e. The van der Waals surface area contributed by atoms with E-state index in [4.69, 9.17) is 0 Å². The lowest BCUT2D eigenvalue weighted by Gasteiger charge is -2.04. The van der Waals surface area contributed by atoms with Gasteiger partial charge in [-0.15, -0.1) is 0 Å². The van der Waals surface area contributed by atoms with Crippen molar-refractivity contribution in [3.8, 4) is 17.5 Å². The molecule has 114 valence electrons. The molecule has 3 rings (SSSR count). The van der Waals surface area contributed by atoms with Gasteiger partial charge in [0.15, 0.2) is 11.5 Å². The molecule has 0 spiro atoms. The smallest absolute Gasteiger partial charge is 0.185 e. The van der Waals surface area contributed by atoms with E-state index < -0.39 is 0 Å². The van der Waals surface area contributed by atoms with Crippen LogP contribution in [0.15, 0.2) is 42.7 Å². The highest BCUT2D eigenvalue weighted by Gasteiger charge is 2.16. The van der Waals surface area contributed by atoms with Crippen LogP contribution < -0.4 is 0 Å². The van der Waals surface area contributed by atoms with E-state index in [1.54, 1.807) is 31.6 Å². The fourth-order valence-electron chi connectivity index (χ4n) is 2.27. The fraction of sp³-hybridized carbons (Fsp3) is 0.125. The standard InChI is InChI=1S/C16H14N6O/c1-11-9-14(21(2)19-11)16(23)15(10-17)22-8-6-13(20-22)12-5-3-4-7-18-12/h3-9,23H,1-2H3. The molecule has 0 aromatic carbocycles. The summed E-state index contributed by atoms with van der Waals surface area (Å²) in [6.07, 6.45) is 3.29. The number of hydrogen-bond acceptors (Lipinski definition) is 5. The number of aryl methyl sites for hydroxylation is 2. The first-order chi connectivity index (χ1) is 11.1. The molecular formula is C16H14N6O. The molecule has 7 nitrogen and oxygen atoms in total. The van der Waals surface area contributed by atoms with E-state index in [1.807, 2.05) is 31.2 Å². The van der Waals surface area contributed by atoms with Gasteiger partial charge in [-0.3, -0.25) is 9.67 Å². The lowest BCUT2D eigenvalue weighted by Crippen LogP contribution is -2.04. The summed E-state index contributed by atoms with van der Waals surface area (Å²) in [4.78, 5) is 4.22. The van der Waals surface area contributed by atoms with Crippen molar-refractivity contribution in [2.75, 3.05) is 0 Å². The Morgan fingerprint density at radius 2 is 2.04 bits per heavy atom. The summed E-state index contributed by atoms with van der Waals surface area (Å²) >= 11 is 0. The lowest BCUT2D eigenvalue weighted by molar-refractivity contribution is 0.500. The fourth-order valence-corrected chi connectivity index (χ4v) is 2.27. The third-order valence-corrected chi connectivity index (χ3v) is 3.32. The van der Waals surface area contributed by atoms with Gasteiger partial charge in [-0.25, -0.2) is 4.68 Å². The molecular weight excluding hydrogens is 292 g/mol. The summed E-state index contributed by atoms with van der Waals surface area (Å²) < 4.78 is 2.85. The predicted molar refractivity (Wildman–Crippen MR) is 84.8 cm³/mol. The first-order valence-electron chi connectivity index (χ1n) is 6.92. The molecule has 0 aliphatic rings. The van der Waals surface area contributed by atoms with E-state index in [-0.39, 0.29) is 11.5 Å². The van der Waals surface area contributed by atoms with Crippen LogP contribution in [-0.4, -0.2) is 29.7 Å². The van der Waals surface area contributed by atoms with Gasteiger partial charge in [-0.1, -0.05) is 6.07 Å². The zero-order valence-electron chi connectivity index (χ0n) is 12.7. The van der Waals surface area contributed by atoms with E-state index in [0.717, 1.165) is 5.69 Å². The van der Waals surface area contributed by atoms with Crippen LogP contribution in [0.2, 0.25) is 0 Å². The van der Waals surface area contributed by atoms with Crippen molar-refractivity contribution in [3.63, 3.8) is 0 Å². The maximum absolute atomic E-state index is 10.4. The molecule has 0 amide bonds. The summed E-state index contributed by atoms with van der Waals surface area (Å²) in [6.45, 7) is 1.82. The highest BCUT2D eigenvalue weighted by molar-refractivity contribution is 5.83. The summed E-state index contributed by atoms with van der Waals surface area (Å²) in [6, 6.07) is 10.9. The molecule has 0 atom stereocenters. The minimum absolute atomic E-state index is 0.0233. The molecule has 0 radical (unpaired) electrons. The largest absolute Gasteiger partial charge is 0.503 e. The van der Waals surface area contributed by atoms with E-state index in [2.05, 4.69) is 15.2 Å². The minimum atomic E-state index is -0.175. The van der Waals surface area contributed by atoms with Crippen LogP contribution in [0.4, 0.5) is 0 Å². The molecule has 1 N–H and O–H groups in total. The molecule has 0 unspecified atom stereocenters. The average Bonchev–Trinajstić information content (AvgIpc) is 3.15. The Labute approximate surface area is 132 Å². The van der Waals surface area contributed by atoms with Crippen molar-refractivity contribution in [1.82, 2.24) is 24.5 Å². The SMILES string of the molecule is Cc1cc(C(O)=C(C#N)n2ccc(-c3ccccn3)n2)n(C)n1. The van der Waals surface area contributed by atoms with Gasteiger partial charge in [0.1, 0.15) is 17.5 Å². The number of allylic oxidation sites excluding steroid dienone is 1. The Kier molecular flexibility index (Phi) is 3.65. The second-order valence-electron chi connectivity index (χ2n) is 4.96. The van der Waals surface area contributed by atoms with Gasteiger partial charge >= 0.3 is 0 Å². The van der Waals surface area contributed by atoms with E-state index in [0.29, 0.717) is 17.1 Å². The maximum atomic E-state index is 10.4. The highest BCUT2D eigenvalue weighted by Crippen LogP contribution is 2.21. The molecule has 23 heavy (non-hydrogen) atoms. The van der Waals surface area contributed by atoms with Gasteiger partial charge in [-0.2, -0.15) is 15.5 Å². The number of aromatic nitrogens is 5. The van der Waals surface area contributed by atoms with Gasteiger partial charge in [0.2, 0.25) is 0 Å². The number of rotatable bonds is 3. The Hall–Kier alpha value is -3.40. The van der Waals surface area contributed by atoms with Crippen molar-refractivity contribution in [3.05, 3.63) is 54.1 Å². The number of hydrogen-bond donors (Lipinski definition) is 1. The van der Waals surface area contributed by atoms with Crippen molar-refractivity contribution >= 4 is 11.5 Å². The quantitative estimate of drug-likeness (QED) is 0.592. The summed E-state index contributed by atoms with van der Waals surface area (Å²) in [5.41, 5.74) is 2.54. The molecule has 3 heterocycles. The van der Waals surface area contributed by atoms with Gasteiger partial charge in [0.25, 0.3) is 0 Å². The van der Waals surface area contributed by atoms with E-state index in [1.165, 1.54) is 9.36 Å². The molecule has 0 saturated carbocycles. The lowest BCUT2D eigenvalue weighted by atomic mass is 10.2. The molecule has 0 aliphatic heterocycles. The van der Waals surface area contributed by atoms with Crippen LogP contribution in [0.5, 0.6) is 0 Å². The number of nitrogens with zero attached hydrogens (tertiary/aromatic N) is 6. The van der Waals surface area contributed by atoms with E-state index in [9.17, 15) is 10.4 Å². The number of aliphatic hydroxyl groups excluding tert-OH is 1. The zero-order chi connectivity index (χ0) is 16.4. The van der Waals surface area contributed by atoms with Gasteiger partial charge in [0, 0.05) is 19.4 Å². The van der Waals surface area contributed by atoms with Crippen molar-refractivity contribution < 1.29 is 5.11 Å². The molecule has 0 saturated heterocycles. The number of aliphatic hydroxyl groups is 1. The summed E-state index contributed by atoms with van der Waals surface area (Å²) in [5.74, 6) is -0.175. The summed E-state index contributed by atoms with van der Waals surface area (Å²) in [5, 5.41) is 28.3. The van der Waals surface area contributed by atoms with E-state index >= 15 is 0 Å². The Morgan fingerprint density at radius 3 is 2.65 bits per heavy atom. The highest BCUT2D eigenvalue weighted by atomic mass is 16.3. The summed E-state index contributed by atoms with van der Waals surface area (Å²) in [7, 11) is 1.70. The Balaban J connectivity index is 2.06. The maximum Gasteiger partial charge on any atom is 0.185 e. The van der Waals surface area contributed by atoms with Gasteiger partial charge in [-0.05, 0) is 31.2 Å². The van der Waals surface area contributed by atoms with Crippen LogP contribution >= 0.6 is 0 Å². The van der Waals surface area contributed by atoms with Crippen molar-refractivity contribution in [1.29, 1.82) is 5.26 Å². The number of pyridine rings is 1. The van der Waals surface area contributed by atoms with Crippen molar-refractivity contribution in [2.45, 2.75) is 6.92 Å². The average molecular weight is 306 g/mol. The number of nitriles is 1. The molecule has 7 heteroatoms. The monoisotopic (exact) mass is 306 g/mol. The molecule has 0 bridgehead atoms. The zero-order valence-corrected chi connectivity index (χ0v) is 12.7. The van der Waals surface area contributed by atoms with Crippen LogP contribution in [0.3, 0.4) is 0 Å². The molecule has 3 aromatic rings. The Morgan fingerprint density at radius 1 is 1.22 bits per heavy atom. The normalized spacial score (nSPS) is 11.9. The van der Waals surface area contributed by atoms with Crippen LogP contribution in [-0.2, 0) is 7.05 Å². The molecule has 3 aromatic heterocycles. The Bertz CT molecular complexity index is 914. The first-order valence-corrected chi connectivity index (χ1v) is 6.92. The van der Waals surface area contributed by atoms with Crippen LogP contribution in [0.1, 0.15) is 11.4 Å². The first kappa shape index (κ1) is 14.5. The van der Waals surface area contributed by atoms with Crippen LogP contribution in [0.25, 0.3) is 22.8 Å².